The predicted octanol–water partition coefficient (Wildman–Crippen LogP) is 3.28. The van der Waals surface area contributed by atoms with Gasteiger partial charge in [0, 0.05) is 29.3 Å². The molecule has 0 aromatic heterocycles. The molecule has 1 rings (SSSR count). The third-order valence-corrected chi connectivity index (χ3v) is 3.05. The summed E-state index contributed by atoms with van der Waals surface area (Å²) in [5, 5.41) is 0. The molecular formula is C13H19NOS. The van der Waals surface area contributed by atoms with Crippen molar-refractivity contribution >= 4 is 17.7 Å². The lowest BCUT2D eigenvalue weighted by Gasteiger charge is -2.17. The van der Waals surface area contributed by atoms with Crippen LogP contribution < -0.4 is 0 Å². The minimum Gasteiger partial charge on any atom is -0.345 e. The van der Waals surface area contributed by atoms with Gasteiger partial charge >= 0.3 is 0 Å². The third-order valence-electron chi connectivity index (χ3n) is 1.93. The highest BCUT2D eigenvalue weighted by Gasteiger charge is 2.13. The SMILES string of the molecule is CN(C)C(=O)c1ccc(SC(C)(C)C)cc1. The molecule has 0 atom stereocenters. The Bertz CT molecular complexity index is 363. The van der Waals surface area contributed by atoms with Crippen molar-refractivity contribution in [2.75, 3.05) is 14.1 Å². The molecule has 1 amide bonds. The molecule has 0 heterocycles. The van der Waals surface area contributed by atoms with Crippen LogP contribution in [0.25, 0.3) is 0 Å². The Morgan fingerprint density at radius 3 is 2.00 bits per heavy atom. The van der Waals surface area contributed by atoms with Crippen LogP contribution in [-0.4, -0.2) is 29.6 Å². The highest BCUT2D eigenvalue weighted by molar-refractivity contribution is 8.00. The van der Waals surface area contributed by atoms with Crippen LogP contribution in [0.1, 0.15) is 31.1 Å². The summed E-state index contributed by atoms with van der Waals surface area (Å²) in [5.74, 6) is 0.0484. The third kappa shape index (κ3) is 3.89. The minimum absolute atomic E-state index is 0.0484. The second kappa shape index (κ2) is 4.91. The van der Waals surface area contributed by atoms with Gasteiger partial charge in [0.2, 0.25) is 0 Å². The van der Waals surface area contributed by atoms with Crippen LogP contribution in [0.3, 0.4) is 0 Å². The fourth-order valence-electron chi connectivity index (χ4n) is 1.28. The molecule has 88 valence electrons. The van der Waals surface area contributed by atoms with Gasteiger partial charge in [-0.15, -0.1) is 11.8 Å². The van der Waals surface area contributed by atoms with E-state index in [0.29, 0.717) is 0 Å². The number of hydrogen-bond acceptors (Lipinski definition) is 2. The molecule has 1 aromatic carbocycles. The van der Waals surface area contributed by atoms with Crippen LogP contribution in [0.4, 0.5) is 0 Å². The number of rotatable bonds is 2. The van der Waals surface area contributed by atoms with E-state index < -0.39 is 0 Å². The van der Waals surface area contributed by atoms with Gasteiger partial charge in [-0.25, -0.2) is 0 Å². The lowest BCUT2D eigenvalue weighted by atomic mass is 10.2. The summed E-state index contributed by atoms with van der Waals surface area (Å²) in [6, 6.07) is 7.78. The van der Waals surface area contributed by atoms with E-state index in [1.807, 2.05) is 24.3 Å². The van der Waals surface area contributed by atoms with Crippen LogP contribution in [0.2, 0.25) is 0 Å². The Balaban J connectivity index is 2.80. The maximum Gasteiger partial charge on any atom is 0.253 e. The number of thioether (sulfide) groups is 1. The molecule has 0 N–H and O–H groups in total. The molecule has 2 nitrogen and oxygen atoms in total. The summed E-state index contributed by atoms with van der Waals surface area (Å²) in [7, 11) is 3.53. The predicted molar refractivity (Wildman–Crippen MR) is 70.1 cm³/mol. The van der Waals surface area contributed by atoms with Gasteiger partial charge in [0.15, 0.2) is 0 Å². The van der Waals surface area contributed by atoms with E-state index in [1.165, 1.54) is 4.90 Å². The summed E-state index contributed by atoms with van der Waals surface area (Å²) >= 11 is 1.80. The number of benzene rings is 1. The molecule has 0 saturated heterocycles. The second-order valence-electron chi connectivity index (χ2n) is 4.94. The van der Waals surface area contributed by atoms with Crippen molar-refractivity contribution in [2.45, 2.75) is 30.4 Å². The van der Waals surface area contributed by atoms with Crippen molar-refractivity contribution in [3.05, 3.63) is 29.8 Å². The Kier molecular flexibility index (Phi) is 4.03. The molecule has 0 aliphatic carbocycles. The normalized spacial score (nSPS) is 11.3. The lowest BCUT2D eigenvalue weighted by Crippen LogP contribution is -2.21. The summed E-state index contributed by atoms with van der Waals surface area (Å²) in [6.45, 7) is 6.53. The first-order valence-electron chi connectivity index (χ1n) is 5.30. The molecule has 0 unspecified atom stereocenters. The van der Waals surface area contributed by atoms with E-state index in [1.54, 1.807) is 30.8 Å². The largest absolute Gasteiger partial charge is 0.345 e. The highest BCUT2D eigenvalue weighted by Crippen LogP contribution is 2.31. The van der Waals surface area contributed by atoms with Gasteiger partial charge in [-0.2, -0.15) is 0 Å². The van der Waals surface area contributed by atoms with Crippen molar-refractivity contribution in [2.24, 2.45) is 0 Å². The quantitative estimate of drug-likeness (QED) is 0.736. The standard InChI is InChI=1S/C13H19NOS/c1-13(2,3)16-11-8-6-10(7-9-11)12(15)14(4)5/h6-9H,1-5H3. The first-order valence-corrected chi connectivity index (χ1v) is 6.12. The smallest absolute Gasteiger partial charge is 0.253 e. The number of amides is 1. The molecule has 0 radical (unpaired) electrons. The fourth-order valence-corrected chi connectivity index (χ4v) is 2.26. The van der Waals surface area contributed by atoms with E-state index in [2.05, 4.69) is 20.8 Å². The average Bonchev–Trinajstić information content (AvgIpc) is 2.15. The first-order chi connectivity index (χ1) is 7.29. The molecule has 0 spiro atoms. The molecule has 16 heavy (non-hydrogen) atoms. The van der Waals surface area contributed by atoms with E-state index in [-0.39, 0.29) is 10.7 Å². The van der Waals surface area contributed by atoms with Gasteiger partial charge in [0.1, 0.15) is 0 Å². The van der Waals surface area contributed by atoms with Crippen molar-refractivity contribution in [1.82, 2.24) is 4.90 Å². The van der Waals surface area contributed by atoms with Gasteiger partial charge in [0.25, 0.3) is 5.91 Å². The summed E-state index contributed by atoms with van der Waals surface area (Å²) in [6.07, 6.45) is 0. The van der Waals surface area contributed by atoms with Gasteiger partial charge in [-0.05, 0) is 24.3 Å². The van der Waals surface area contributed by atoms with Crippen molar-refractivity contribution in [1.29, 1.82) is 0 Å². The van der Waals surface area contributed by atoms with Crippen LogP contribution in [0, 0.1) is 0 Å². The molecule has 0 fully saturated rings. The Morgan fingerprint density at radius 2 is 1.62 bits per heavy atom. The van der Waals surface area contributed by atoms with Crippen molar-refractivity contribution in [3.8, 4) is 0 Å². The number of carbonyl (C=O) groups is 1. The maximum atomic E-state index is 11.7. The van der Waals surface area contributed by atoms with E-state index in [4.69, 9.17) is 0 Å². The Hall–Kier alpha value is -0.960. The molecule has 1 aromatic rings. The van der Waals surface area contributed by atoms with Crippen LogP contribution in [0.15, 0.2) is 29.2 Å². The second-order valence-corrected chi connectivity index (χ2v) is 6.84. The Morgan fingerprint density at radius 1 is 1.12 bits per heavy atom. The van der Waals surface area contributed by atoms with Gasteiger partial charge in [-0.1, -0.05) is 20.8 Å². The molecule has 0 bridgehead atoms. The van der Waals surface area contributed by atoms with Crippen molar-refractivity contribution in [3.63, 3.8) is 0 Å². The maximum absolute atomic E-state index is 11.7. The highest BCUT2D eigenvalue weighted by atomic mass is 32.2. The summed E-state index contributed by atoms with van der Waals surface area (Å²) < 4.78 is 0.201. The number of carbonyl (C=O) groups excluding carboxylic acids is 1. The Labute approximate surface area is 102 Å². The van der Waals surface area contributed by atoms with Crippen molar-refractivity contribution < 1.29 is 4.79 Å². The topological polar surface area (TPSA) is 20.3 Å². The molecule has 0 aliphatic heterocycles. The monoisotopic (exact) mass is 237 g/mol. The average molecular weight is 237 g/mol. The van der Waals surface area contributed by atoms with Crippen LogP contribution >= 0.6 is 11.8 Å². The molecule has 3 heteroatoms. The van der Waals surface area contributed by atoms with Crippen LogP contribution in [-0.2, 0) is 0 Å². The van der Waals surface area contributed by atoms with E-state index >= 15 is 0 Å². The first kappa shape index (κ1) is 13.1. The van der Waals surface area contributed by atoms with E-state index in [9.17, 15) is 4.79 Å². The zero-order valence-corrected chi connectivity index (χ0v) is 11.4. The minimum atomic E-state index is 0.0484. The van der Waals surface area contributed by atoms with Gasteiger partial charge in [-0.3, -0.25) is 4.79 Å². The zero-order valence-electron chi connectivity index (χ0n) is 10.6. The lowest BCUT2D eigenvalue weighted by molar-refractivity contribution is 0.0827. The number of hydrogen-bond donors (Lipinski definition) is 0. The summed E-state index contributed by atoms with van der Waals surface area (Å²) in [5.41, 5.74) is 0.739. The van der Waals surface area contributed by atoms with Gasteiger partial charge < -0.3 is 4.90 Å². The number of nitrogens with zero attached hydrogens (tertiary/aromatic N) is 1. The molecule has 0 saturated carbocycles. The molecular weight excluding hydrogens is 218 g/mol. The summed E-state index contributed by atoms with van der Waals surface area (Å²) in [4.78, 5) is 14.4. The zero-order chi connectivity index (χ0) is 12.3. The fraction of sp³-hybridized carbons (Fsp3) is 0.462. The van der Waals surface area contributed by atoms with E-state index in [0.717, 1.165) is 5.56 Å². The molecule has 0 aliphatic rings. The van der Waals surface area contributed by atoms with Crippen LogP contribution in [0.5, 0.6) is 0 Å². The van der Waals surface area contributed by atoms with Gasteiger partial charge in [0.05, 0.1) is 0 Å².